The van der Waals surface area contributed by atoms with Gasteiger partial charge in [0.25, 0.3) is 0 Å². The van der Waals surface area contributed by atoms with Gasteiger partial charge in [0.05, 0.1) is 0 Å². The monoisotopic (exact) mass is 211 g/mol. The second kappa shape index (κ2) is 5.11. The van der Waals surface area contributed by atoms with Crippen LogP contribution in [0.25, 0.3) is 0 Å². The third-order valence-corrected chi connectivity index (χ3v) is 4.17. The van der Waals surface area contributed by atoms with Crippen LogP contribution < -0.4 is 0 Å². The van der Waals surface area contributed by atoms with Crippen LogP contribution in [0.5, 0.6) is 0 Å². The lowest BCUT2D eigenvalue weighted by atomic mass is 9.82. The molecule has 1 atom stereocenters. The van der Waals surface area contributed by atoms with Gasteiger partial charge in [-0.05, 0) is 45.1 Å². The minimum atomic E-state index is 0.313. The molecule has 0 spiro atoms. The molecule has 0 aromatic heterocycles. The molecule has 1 rings (SSSR count). The van der Waals surface area contributed by atoms with Crippen molar-refractivity contribution in [1.82, 2.24) is 4.90 Å². The van der Waals surface area contributed by atoms with Crippen molar-refractivity contribution in [3.63, 3.8) is 0 Å². The molecule has 15 heavy (non-hydrogen) atoms. The van der Waals surface area contributed by atoms with E-state index in [1.165, 1.54) is 32.4 Å². The topological polar surface area (TPSA) is 20.3 Å². The Balaban J connectivity index is 2.51. The number of hydrogen-bond acceptors (Lipinski definition) is 2. The van der Waals surface area contributed by atoms with Crippen LogP contribution in [-0.2, 0) is 4.79 Å². The number of likely N-dealkylation sites (tertiary alicyclic amines) is 1. The minimum absolute atomic E-state index is 0.313. The summed E-state index contributed by atoms with van der Waals surface area (Å²) in [5.74, 6) is 0.313. The molecule has 0 radical (unpaired) electrons. The first-order valence-corrected chi connectivity index (χ1v) is 6.26. The fourth-order valence-corrected chi connectivity index (χ4v) is 2.72. The average Bonchev–Trinajstić information content (AvgIpc) is 2.62. The van der Waals surface area contributed by atoms with Gasteiger partial charge in [0, 0.05) is 19.0 Å². The molecule has 1 aliphatic heterocycles. The largest absolute Gasteiger partial charge is 0.300 e. The summed E-state index contributed by atoms with van der Waals surface area (Å²) < 4.78 is 0. The summed E-state index contributed by atoms with van der Waals surface area (Å²) in [5.41, 5.74) is 0.533. The Morgan fingerprint density at radius 3 is 2.40 bits per heavy atom. The summed E-state index contributed by atoms with van der Waals surface area (Å²) >= 11 is 0. The number of carbonyl (C=O) groups excluding carboxylic acids is 1. The van der Waals surface area contributed by atoms with Crippen molar-refractivity contribution in [2.75, 3.05) is 13.1 Å². The normalized spacial score (nSPS) is 22.9. The fourth-order valence-electron chi connectivity index (χ4n) is 2.72. The second-order valence-electron chi connectivity index (χ2n) is 5.18. The molecule has 88 valence electrons. The molecule has 2 heteroatoms. The van der Waals surface area contributed by atoms with Crippen LogP contribution >= 0.6 is 0 Å². The lowest BCUT2D eigenvalue weighted by Gasteiger charge is -2.29. The zero-order valence-corrected chi connectivity index (χ0v) is 10.7. The highest BCUT2D eigenvalue weighted by Gasteiger charge is 2.36. The van der Waals surface area contributed by atoms with E-state index in [4.69, 9.17) is 0 Å². The van der Waals surface area contributed by atoms with Gasteiger partial charge in [-0.3, -0.25) is 9.69 Å². The van der Waals surface area contributed by atoms with Crippen LogP contribution in [0.4, 0.5) is 0 Å². The number of rotatable bonds is 5. The third kappa shape index (κ3) is 3.04. The highest BCUT2D eigenvalue weighted by molar-refractivity contribution is 5.76. The van der Waals surface area contributed by atoms with Gasteiger partial charge in [0.2, 0.25) is 0 Å². The number of Topliss-reactive ketones (excluding diaryl/α,β-unsaturated/α-hetero) is 1. The average molecular weight is 211 g/mol. The van der Waals surface area contributed by atoms with Gasteiger partial charge in [-0.15, -0.1) is 0 Å². The maximum atomic E-state index is 11.1. The molecular formula is C13H25NO. The molecule has 2 nitrogen and oxygen atoms in total. The quantitative estimate of drug-likeness (QED) is 0.697. The van der Waals surface area contributed by atoms with Gasteiger partial charge in [0.15, 0.2) is 0 Å². The van der Waals surface area contributed by atoms with Crippen molar-refractivity contribution in [3.8, 4) is 0 Å². The van der Waals surface area contributed by atoms with Crippen LogP contribution in [-0.4, -0.2) is 29.8 Å². The Hall–Kier alpha value is -0.370. The number of nitrogens with zero attached hydrogens (tertiary/aromatic N) is 1. The van der Waals surface area contributed by atoms with Crippen molar-refractivity contribution in [3.05, 3.63) is 0 Å². The predicted octanol–water partition coefficient (Wildman–Crippen LogP) is 2.87. The number of hydrogen-bond donors (Lipinski definition) is 0. The van der Waals surface area contributed by atoms with Crippen molar-refractivity contribution in [2.45, 2.75) is 59.4 Å². The van der Waals surface area contributed by atoms with E-state index in [2.05, 4.69) is 25.7 Å². The zero-order chi connectivity index (χ0) is 11.5. The third-order valence-electron chi connectivity index (χ3n) is 4.17. The van der Waals surface area contributed by atoms with Crippen LogP contribution in [0.1, 0.15) is 53.4 Å². The summed E-state index contributed by atoms with van der Waals surface area (Å²) in [4.78, 5) is 13.6. The van der Waals surface area contributed by atoms with E-state index < -0.39 is 0 Å². The summed E-state index contributed by atoms with van der Waals surface area (Å²) in [7, 11) is 0. The SMILES string of the molecule is CCC1(CC)CCN(C(C)CC(C)=O)C1. The van der Waals surface area contributed by atoms with Gasteiger partial charge in [0.1, 0.15) is 5.78 Å². The van der Waals surface area contributed by atoms with Gasteiger partial charge in [-0.25, -0.2) is 0 Å². The highest BCUT2D eigenvalue weighted by Crippen LogP contribution is 2.37. The van der Waals surface area contributed by atoms with E-state index in [1.54, 1.807) is 6.92 Å². The van der Waals surface area contributed by atoms with E-state index in [0.717, 1.165) is 0 Å². The van der Waals surface area contributed by atoms with E-state index in [9.17, 15) is 4.79 Å². The molecule has 0 aliphatic carbocycles. The van der Waals surface area contributed by atoms with E-state index in [0.29, 0.717) is 23.7 Å². The Morgan fingerprint density at radius 2 is 2.00 bits per heavy atom. The highest BCUT2D eigenvalue weighted by atomic mass is 16.1. The molecule has 1 saturated heterocycles. The predicted molar refractivity (Wildman–Crippen MR) is 64.0 cm³/mol. The Labute approximate surface area is 94.0 Å². The van der Waals surface area contributed by atoms with Gasteiger partial charge < -0.3 is 0 Å². The second-order valence-corrected chi connectivity index (χ2v) is 5.18. The lowest BCUT2D eigenvalue weighted by molar-refractivity contribution is -0.118. The molecule has 1 aliphatic rings. The lowest BCUT2D eigenvalue weighted by Crippen LogP contribution is -2.34. The van der Waals surface area contributed by atoms with Crippen LogP contribution in [0, 0.1) is 5.41 Å². The molecule has 1 heterocycles. The molecule has 1 fully saturated rings. The summed E-state index contributed by atoms with van der Waals surface area (Å²) in [5, 5.41) is 0. The first kappa shape index (κ1) is 12.7. The Kier molecular flexibility index (Phi) is 4.32. The van der Waals surface area contributed by atoms with Gasteiger partial charge >= 0.3 is 0 Å². The van der Waals surface area contributed by atoms with Crippen molar-refractivity contribution >= 4 is 5.78 Å². The van der Waals surface area contributed by atoms with Crippen LogP contribution in [0.3, 0.4) is 0 Å². The maximum absolute atomic E-state index is 11.1. The molecule has 0 aromatic carbocycles. The fraction of sp³-hybridized carbons (Fsp3) is 0.923. The molecule has 0 amide bonds. The standard InChI is InChI=1S/C13H25NO/c1-5-13(6-2)7-8-14(10-13)11(3)9-12(4)15/h11H,5-10H2,1-4H3. The zero-order valence-electron chi connectivity index (χ0n) is 10.7. The Morgan fingerprint density at radius 1 is 1.40 bits per heavy atom. The van der Waals surface area contributed by atoms with Crippen molar-refractivity contribution in [1.29, 1.82) is 0 Å². The van der Waals surface area contributed by atoms with E-state index in [-0.39, 0.29) is 0 Å². The van der Waals surface area contributed by atoms with Crippen molar-refractivity contribution < 1.29 is 4.79 Å². The summed E-state index contributed by atoms with van der Waals surface area (Å²) in [6, 6.07) is 0.433. The van der Waals surface area contributed by atoms with Gasteiger partial charge in [-0.1, -0.05) is 13.8 Å². The first-order chi connectivity index (χ1) is 7.03. The van der Waals surface area contributed by atoms with Gasteiger partial charge in [-0.2, -0.15) is 0 Å². The summed E-state index contributed by atoms with van der Waals surface area (Å²) in [6.45, 7) is 10.8. The maximum Gasteiger partial charge on any atom is 0.131 e. The van der Waals surface area contributed by atoms with Crippen molar-refractivity contribution in [2.24, 2.45) is 5.41 Å². The van der Waals surface area contributed by atoms with Crippen LogP contribution in [0.2, 0.25) is 0 Å². The van der Waals surface area contributed by atoms with E-state index >= 15 is 0 Å². The van der Waals surface area contributed by atoms with Crippen LogP contribution in [0.15, 0.2) is 0 Å². The molecule has 1 unspecified atom stereocenters. The molecule has 0 bridgehead atoms. The minimum Gasteiger partial charge on any atom is -0.300 e. The smallest absolute Gasteiger partial charge is 0.131 e. The first-order valence-electron chi connectivity index (χ1n) is 6.26. The molecule has 0 aromatic rings. The number of ketones is 1. The number of carbonyl (C=O) groups is 1. The molecular weight excluding hydrogens is 186 g/mol. The molecule has 0 N–H and O–H groups in total. The molecule has 0 saturated carbocycles. The van der Waals surface area contributed by atoms with E-state index in [1.807, 2.05) is 0 Å². The Bertz CT molecular complexity index is 221. The summed E-state index contributed by atoms with van der Waals surface area (Å²) in [6.07, 6.45) is 4.56.